The van der Waals surface area contributed by atoms with Gasteiger partial charge in [0, 0.05) is 22.4 Å². The van der Waals surface area contributed by atoms with Crippen LogP contribution in [0.5, 0.6) is 0 Å². The highest BCUT2D eigenvalue weighted by atomic mass is 35.5. The molecule has 0 unspecified atom stereocenters. The van der Waals surface area contributed by atoms with Gasteiger partial charge in [0.2, 0.25) is 0 Å². The Kier molecular flexibility index (Phi) is 4.83. The van der Waals surface area contributed by atoms with E-state index < -0.39 is 0 Å². The second kappa shape index (κ2) is 6.60. The standard InChI is InChI=1S/C16H13ClOS/c17-15-3-1-2-12(10-15)6-9-16(18)14-7-4-13(11-19)5-8-14/h1-5,7-8,10-11H,6,9H2. The maximum absolute atomic E-state index is 12.0. The molecule has 0 bridgehead atoms. The first kappa shape index (κ1) is 13.9. The van der Waals surface area contributed by atoms with Gasteiger partial charge in [-0.05, 0) is 29.7 Å². The van der Waals surface area contributed by atoms with Crippen LogP contribution in [0.2, 0.25) is 5.02 Å². The van der Waals surface area contributed by atoms with Crippen molar-refractivity contribution in [2.45, 2.75) is 12.8 Å². The third kappa shape index (κ3) is 3.98. The molecule has 2 rings (SSSR count). The van der Waals surface area contributed by atoms with Crippen LogP contribution in [0.25, 0.3) is 0 Å². The van der Waals surface area contributed by atoms with Crippen molar-refractivity contribution < 1.29 is 4.79 Å². The molecule has 3 heteroatoms. The summed E-state index contributed by atoms with van der Waals surface area (Å²) in [5.74, 6) is 0.135. The molecule has 0 atom stereocenters. The fourth-order valence-electron chi connectivity index (χ4n) is 1.84. The summed E-state index contributed by atoms with van der Waals surface area (Å²) in [6.45, 7) is 0. The molecule has 19 heavy (non-hydrogen) atoms. The van der Waals surface area contributed by atoms with Crippen LogP contribution in [-0.2, 0) is 6.42 Å². The van der Waals surface area contributed by atoms with E-state index in [-0.39, 0.29) is 5.78 Å². The van der Waals surface area contributed by atoms with Crippen molar-refractivity contribution in [1.82, 2.24) is 0 Å². The molecule has 0 aromatic heterocycles. The Morgan fingerprint density at radius 3 is 2.53 bits per heavy atom. The lowest BCUT2D eigenvalue weighted by atomic mass is 10.0. The van der Waals surface area contributed by atoms with Crippen LogP contribution in [0.1, 0.15) is 27.9 Å². The minimum absolute atomic E-state index is 0.135. The highest BCUT2D eigenvalue weighted by Gasteiger charge is 2.06. The number of Topliss-reactive ketones (excluding diaryl/α,β-unsaturated/α-hetero) is 1. The fourth-order valence-corrected chi connectivity index (χ4v) is 2.21. The van der Waals surface area contributed by atoms with Crippen molar-refractivity contribution in [3.8, 4) is 0 Å². The third-order valence-corrected chi connectivity index (χ3v) is 3.41. The average Bonchev–Trinajstić information content (AvgIpc) is 2.45. The van der Waals surface area contributed by atoms with Gasteiger partial charge < -0.3 is 0 Å². The lowest BCUT2D eigenvalue weighted by Gasteiger charge is -2.03. The van der Waals surface area contributed by atoms with E-state index in [0.717, 1.165) is 16.7 Å². The predicted molar refractivity (Wildman–Crippen MR) is 83.3 cm³/mol. The lowest BCUT2D eigenvalue weighted by Crippen LogP contribution is -2.01. The third-order valence-electron chi connectivity index (χ3n) is 2.90. The zero-order valence-electron chi connectivity index (χ0n) is 10.3. The molecule has 96 valence electrons. The van der Waals surface area contributed by atoms with E-state index in [1.54, 1.807) is 5.37 Å². The summed E-state index contributed by atoms with van der Waals surface area (Å²) in [5, 5.41) is 2.30. The zero-order valence-corrected chi connectivity index (χ0v) is 11.9. The molecule has 2 aromatic rings. The second-order valence-electron chi connectivity index (χ2n) is 4.29. The molecule has 0 saturated heterocycles. The van der Waals surface area contributed by atoms with Crippen LogP contribution in [0.3, 0.4) is 0 Å². The first-order valence-electron chi connectivity index (χ1n) is 6.02. The van der Waals surface area contributed by atoms with Gasteiger partial charge in [-0.1, -0.05) is 60.2 Å². The van der Waals surface area contributed by atoms with E-state index >= 15 is 0 Å². The maximum atomic E-state index is 12.0. The number of hydrogen-bond donors (Lipinski definition) is 0. The smallest absolute Gasteiger partial charge is 0.163 e. The number of carbonyl (C=O) groups excluding carboxylic acids is 1. The summed E-state index contributed by atoms with van der Waals surface area (Å²) in [5.41, 5.74) is 2.75. The molecular weight excluding hydrogens is 276 g/mol. The highest BCUT2D eigenvalue weighted by molar-refractivity contribution is 7.79. The fraction of sp³-hybridized carbons (Fsp3) is 0.125. The van der Waals surface area contributed by atoms with E-state index in [1.165, 1.54) is 0 Å². The molecule has 0 fully saturated rings. The van der Waals surface area contributed by atoms with Crippen LogP contribution in [0.4, 0.5) is 0 Å². The van der Waals surface area contributed by atoms with Crippen LogP contribution < -0.4 is 0 Å². The molecular formula is C16H13ClOS. The van der Waals surface area contributed by atoms with E-state index in [1.807, 2.05) is 48.5 Å². The zero-order chi connectivity index (χ0) is 13.7. The molecule has 1 nitrogen and oxygen atoms in total. The van der Waals surface area contributed by atoms with Gasteiger partial charge in [0.15, 0.2) is 5.78 Å². The topological polar surface area (TPSA) is 17.1 Å². The number of aryl methyl sites for hydroxylation is 1. The van der Waals surface area contributed by atoms with Gasteiger partial charge in [-0.25, -0.2) is 0 Å². The molecule has 0 aliphatic carbocycles. The minimum Gasteiger partial charge on any atom is -0.294 e. The monoisotopic (exact) mass is 288 g/mol. The van der Waals surface area contributed by atoms with E-state index in [4.69, 9.17) is 23.8 Å². The molecule has 0 radical (unpaired) electrons. The van der Waals surface area contributed by atoms with Crippen LogP contribution in [-0.4, -0.2) is 11.2 Å². The molecule has 0 amide bonds. The number of thiocarbonyl (C=S) groups is 1. The van der Waals surface area contributed by atoms with Crippen molar-refractivity contribution in [3.05, 3.63) is 70.2 Å². The number of hydrogen-bond acceptors (Lipinski definition) is 2. The van der Waals surface area contributed by atoms with Crippen molar-refractivity contribution in [1.29, 1.82) is 0 Å². The van der Waals surface area contributed by atoms with Gasteiger partial charge in [0.1, 0.15) is 0 Å². The molecule has 0 N–H and O–H groups in total. The van der Waals surface area contributed by atoms with Crippen LogP contribution in [0, 0.1) is 0 Å². The molecule has 0 saturated carbocycles. The molecule has 0 aliphatic rings. The van der Waals surface area contributed by atoms with Gasteiger partial charge >= 0.3 is 0 Å². The van der Waals surface area contributed by atoms with Gasteiger partial charge in [0.25, 0.3) is 0 Å². The lowest BCUT2D eigenvalue weighted by molar-refractivity contribution is 0.0983. The minimum atomic E-state index is 0.135. The SMILES string of the molecule is O=C(CCc1cccc(Cl)c1)c1ccc(C=S)cc1. The first-order valence-corrected chi connectivity index (χ1v) is 6.87. The Morgan fingerprint density at radius 2 is 1.89 bits per heavy atom. The van der Waals surface area contributed by atoms with Crippen molar-refractivity contribution >= 4 is 35.0 Å². The largest absolute Gasteiger partial charge is 0.294 e. The van der Waals surface area contributed by atoms with Gasteiger partial charge in [0.05, 0.1) is 0 Å². The summed E-state index contributed by atoms with van der Waals surface area (Å²) >= 11 is 10.7. The molecule has 2 aromatic carbocycles. The molecule has 0 aliphatic heterocycles. The molecule has 0 spiro atoms. The first-order chi connectivity index (χ1) is 9.19. The number of halogens is 1. The number of ketones is 1. The Bertz CT molecular complexity index is 590. The summed E-state index contributed by atoms with van der Waals surface area (Å²) in [6.07, 6.45) is 1.19. The number of carbonyl (C=O) groups is 1. The van der Waals surface area contributed by atoms with Crippen molar-refractivity contribution in [2.24, 2.45) is 0 Å². The van der Waals surface area contributed by atoms with E-state index in [0.29, 0.717) is 17.9 Å². The summed E-state index contributed by atoms with van der Waals surface area (Å²) in [7, 11) is 0. The Morgan fingerprint density at radius 1 is 1.16 bits per heavy atom. The Balaban J connectivity index is 1.99. The van der Waals surface area contributed by atoms with Gasteiger partial charge in [-0.2, -0.15) is 0 Å². The number of benzene rings is 2. The maximum Gasteiger partial charge on any atom is 0.163 e. The molecule has 0 heterocycles. The number of rotatable bonds is 5. The summed E-state index contributed by atoms with van der Waals surface area (Å²) in [4.78, 5) is 12.0. The Labute approximate surface area is 123 Å². The van der Waals surface area contributed by atoms with Crippen LogP contribution >= 0.6 is 23.8 Å². The van der Waals surface area contributed by atoms with Crippen LogP contribution in [0.15, 0.2) is 48.5 Å². The highest BCUT2D eigenvalue weighted by Crippen LogP contribution is 2.14. The van der Waals surface area contributed by atoms with Gasteiger partial charge in [-0.3, -0.25) is 4.79 Å². The Hall–Kier alpha value is -1.51. The van der Waals surface area contributed by atoms with E-state index in [9.17, 15) is 4.79 Å². The average molecular weight is 289 g/mol. The normalized spacial score (nSPS) is 10.2. The van der Waals surface area contributed by atoms with Crippen molar-refractivity contribution in [3.63, 3.8) is 0 Å². The quantitative estimate of drug-likeness (QED) is 0.595. The summed E-state index contributed by atoms with van der Waals surface area (Å²) < 4.78 is 0. The predicted octanol–water partition coefficient (Wildman–Crippen LogP) is 4.50. The van der Waals surface area contributed by atoms with Crippen molar-refractivity contribution in [2.75, 3.05) is 0 Å². The van der Waals surface area contributed by atoms with Gasteiger partial charge in [-0.15, -0.1) is 0 Å². The summed E-state index contributed by atoms with van der Waals surface area (Å²) in [6, 6.07) is 15.0. The van der Waals surface area contributed by atoms with E-state index in [2.05, 4.69) is 0 Å². The second-order valence-corrected chi connectivity index (χ2v) is 4.97.